The van der Waals surface area contributed by atoms with Crippen molar-refractivity contribution in [1.29, 1.82) is 0 Å². The van der Waals surface area contributed by atoms with E-state index < -0.39 is 0 Å². The van der Waals surface area contributed by atoms with Gasteiger partial charge in [0.25, 0.3) is 0 Å². The molecule has 44 heavy (non-hydrogen) atoms. The van der Waals surface area contributed by atoms with E-state index in [1.54, 1.807) is 0 Å². The van der Waals surface area contributed by atoms with Gasteiger partial charge in [0.2, 0.25) is 0 Å². The Kier molecular flexibility index (Phi) is 6.15. The molecule has 0 bridgehead atoms. The summed E-state index contributed by atoms with van der Waals surface area (Å²) < 4.78 is 0. The van der Waals surface area contributed by atoms with Crippen molar-refractivity contribution in [3.05, 3.63) is 162 Å². The molecule has 0 spiro atoms. The van der Waals surface area contributed by atoms with Crippen LogP contribution in [0.3, 0.4) is 0 Å². The summed E-state index contributed by atoms with van der Waals surface area (Å²) in [6.07, 6.45) is 0. The van der Waals surface area contributed by atoms with Gasteiger partial charge in [0.15, 0.2) is 0 Å². The van der Waals surface area contributed by atoms with Crippen LogP contribution in [-0.2, 0) is 10.8 Å². The minimum Gasteiger partial charge on any atom is -0.310 e. The second-order valence-electron chi connectivity index (χ2n) is 13.1. The Morgan fingerprint density at radius 2 is 0.932 bits per heavy atom. The molecule has 0 radical (unpaired) electrons. The van der Waals surface area contributed by atoms with Crippen molar-refractivity contribution < 1.29 is 0 Å². The van der Waals surface area contributed by atoms with Crippen molar-refractivity contribution in [2.45, 2.75) is 48.3 Å². The maximum Gasteiger partial charge on any atom is 0.0503 e. The van der Waals surface area contributed by atoms with Gasteiger partial charge in [0, 0.05) is 26.3 Å². The minimum absolute atomic E-state index is 0.0533. The lowest BCUT2D eigenvalue weighted by Crippen LogP contribution is -2.30. The number of hydrogen-bond donors (Lipinski definition) is 0. The Morgan fingerprint density at radius 1 is 0.409 bits per heavy atom. The summed E-state index contributed by atoms with van der Waals surface area (Å²) in [4.78, 5) is 5.16. The topological polar surface area (TPSA) is 3.24 Å². The molecular weight excluding hydrogens is 551 g/mol. The Labute approximate surface area is 265 Å². The molecule has 0 unspecified atom stereocenters. The van der Waals surface area contributed by atoms with Crippen LogP contribution >= 0.6 is 11.8 Å². The highest BCUT2D eigenvalue weighted by molar-refractivity contribution is 7.99. The fourth-order valence-electron chi connectivity index (χ4n) is 7.22. The van der Waals surface area contributed by atoms with Crippen LogP contribution < -0.4 is 4.90 Å². The van der Waals surface area contributed by atoms with E-state index >= 15 is 0 Å². The molecule has 2 heteroatoms. The summed E-state index contributed by atoms with van der Waals surface area (Å²) in [5.74, 6) is 0. The number of rotatable bonds is 3. The average molecular weight is 586 g/mol. The van der Waals surface area contributed by atoms with Gasteiger partial charge in [0.1, 0.15) is 0 Å². The van der Waals surface area contributed by atoms with Gasteiger partial charge < -0.3 is 4.90 Å². The maximum absolute atomic E-state index is 2.44. The van der Waals surface area contributed by atoms with Crippen LogP contribution in [0.25, 0.3) is 22.3 Å². The second kappa shape index (κ2) is 10.0. The van der Waals surface area contributed by atoms with Gasteiger partial charge in [0.05, 0.1) is 11.4 Å². The lowest BCUT2D eigenvalue weighted by Gasteiger charge is -2.42. The molecule has 1 nitrogen and oxygen atoms in total. The normalized spacial score (nSPS) is 15.5. The summed E-state index contributed by atoms with van der Waals surface area (Å²) in [7, 11) is 0. The largest absolute Gasteiger partial charge is 0.310 e. The first kappa shape index (κ1) is 27.0. The molecule has 8 rings (SSSR count). The van der Waals surface area contributed by atoms with E-state index in [-0.39, 0.29) is 10.8 Å². The highest BCUT2D eigenvalue weighted by Crippen LogP contribution is 2.54. The van der Waals surface area contributed by atoms with Gasteiger partial charge in [-0.2, -0.15) is 0 Å². The standard InChI is InChI=1S/C42H35NS/c1-41(2)33-14-8-10-16-37(33)43(32-22-18-29(19-23-32)28-12-6-5-7-13-28)38-24-20-30(26-35(38)41)31-21-25-40-36(27-31)42(3,4)34-15-9-11-17-39(34)44-40/h5-27H,1-4H3. The van der Waals surface area contributed by atoms with Gasteiger partial charge in [-0.05, 0) is 93.0 Å². The SMILES string of the molecule is CC1(C)c2ccccc2Sc2ccc(-c3ccc4c(c3)C(C)(C)c3ccccc3N4c3ccc(-c4ccccc4)cc3)cc21. The molecule has 0 aromatic heterocycles. The number of benzene rings is 6. The van der Waals surface area contributed by atoms with Crippen molar-refractivity contribution >= 4 is 28.8 Å². The molecular formula is C42H35NS. The van der Waals surface area contributed by atoms with Crippen LogP contribution in [0.2, 0.25) is 0 Å². The zero-order chi connectivity index (χ0) is 30.1. The number of anilines is 3. The third-order valence-electron chi connectivity index (χ3n) is 9.73. The molecule has 0 aliphatic carbocycles. The number of fused-ring (bicyclic) bond motifs is 4. The maximum atomic E-state index is 2.44. The van der Waals surface area contributed by atoms with E-state index in [2.05, 4.69) is 172 Å². The van der Waals surface area contributed by atoms with Crippen molar-refractivity contribution in [3.63, 3.8) is 0 Å². The summed E-state index contributed by atoms with van der Waals surface area (Å²) >= 11 is 1.89. The predicted octanol–water partition coefficient (Wildman–Crippen LogP) is 11.9. The molecule has 0 saturated carbocycles. The smallest absolute Gasteiger partial charge is 0.0503 e. The molecule has 0 atom stereocenters. The first-order valence-electron chi connectivity index (χ1n) is 15.4. The van der Waals surface area contributed by atoms with E-state index in [1.807, 2.05) is 11.8 Å². The van der Waals surface area contributed by atoms with Crippen LogP contribution in [0.4, 0.5) is 17.1 Å². The Bertz CT molecular complexity index is 2040. The third kappa shape index (κ3) is 4.16. The fraction of sp³-hybridized carbons (Fsp3) is 0.143. The molecule has 2 heterocycles. The first-order chi connectivity index (χ1) is 21.3. The highest BCUT2D eigenvalue weighted by Gasteiger charge is 2.37. The van der Waals surface area contributed by atoms with Crippen molar-refractivity contribution in [2.75, 3.05) is 4.90 Å². The van der Waals surface area contributed by atoms with Crippen LogP contribution in [0.5, 0.6) is 0 Å². The van der Waals surface area contributed by atoms with Crippen LogP contribution in [0.1, 0.15) is 49.9 Å². The molecule has 0 fully saturated rings. The van der Waals surface area contributed by atoms with Crippen molar-refractivity contribution in [1.82, 2.24) is 0 Å². The molecule has 0 saturated heterocycles. The second-order valence-corrected chi connectivity index (χ2v) is 14.1. The molecule has 6 aromatic rings. The van der Waals surface area contributed by atoms with Crippen molar-refractivity contribution in [3.8, 4) is 22.3 Å². The lowest BCUT2D eigenvalue weighted by molar-refractivity contribution is 0.607. The molecule has 6 aromatic carbocycles. The number of hydrogen-bond acceptors (Lipinski definition) is 2. The first-order valence-corrected chi connectivity index (χ1v) is 16.3. The van der Waals surface area contributed by atoms with Crippen LogP contribution in [-0.4, -0.2) is 0 Å². The third-order valence-corrected chi connectivity index (χ3v) is 10.9. The molecule has 2 aliphatic rings. The monoisotopic (exact) mass is 585 g/mol. The summed E-state index contributed by atoms with van der Waals surface area (Å²) in [5, 5.41) is 0. The van der Waals surface area contributed by atoms with E-state index in [1.165, 1.54) is 71.4 Å². The average Bonchev–Trinajstić information content (AvgIpc) is 3.06. The van der Waals surface area contributed by atoms with Crippen LogP contribution in [0, 0.1) is 0 Å². The van der Waals surface area contributed by atoms with Crippen molar-refractivity contribution in [2.24, 2.45) is 0 Å². The fourth-order valence-corrected chi connectivity index (χ4v) is 8.59. The summed E-state index contributed by atoms with van der Waals surface area (Å²) in [6, 6.07) is 51.5. The Morgan fingerprint density at radius 3 is 1.70 bits per heavy atom. The van der Waals surface area contributed by atoms with Gasteiger partial charge in [-0.15, -0.1) is 0 Å². The van der Waals surface area contributed by atoms with E-state index in [0.29, 0.717) is 0 Å². The zero-order valence-corrected chi connectivity index (χ0v) is 26.5. The number of para-hydroxylation sites is 1. The molecule has 214 valence electrons. The van der Waals surface area contributed by atoms with Gasteiger partial charge >= 0.3 is 0 Å². The molecule has 0 N–H and O–H groups in total. The molecule has 2 aliphatic heterocycles. The predicted molar refractivity (Wildman–Crippen MR) is 187 cm³/mol. The van der Waals surface area contributed by atoms with E-state index in [0.717, 1.165) is 0 Å². The quantitative estimate of drug-likeness (QED) is 0.203. The summed E-state index contributed by atoms with van der Waals surface area (Å²) in [5.41, 5.74) is 14.0. The summed E-state index contributed by atoms with van der Waals surface area (Å²) in [6.45, 7) is 9.46. The van der Waals surface area contributed by atoms with Crippen LogP contribution in [0.15, 0.2) is 149 Å². The van der Waals surface area contributed by atoms with E-state index in [4.69, 9.17) is 0 Å². The number of nitrogens with zero attached hydrogens (tertiary/aromatic N) is 1. The Balaban J connectivity index is 1.24. The van der Waals surface area contributed by atoms with Gasteiger partial charge in [-0.25, -0.2) is 0 Å². The van der Waals surface area contributed by atoms with E-state index in [9.17, 15) is 0 Å². The van der Waals surface area contributed by atoms with Gasteiger partial charge in [-0.1, -0.05) is 130 Å². The molecule has 0 amide bonds. The van der Waals surface area contributed by atoms with Gasteiger partial charge in [-0.3, -0.25) is 0 Å². The Hall–Kier alpha value is -4.53. The zero-order valence-electron chi connectivity index (χ0n) is 25.6. The highest BCUT2D eigenvalue weighted by atomic mass is 32.2. The lowest BCUT2D eigenvalue weighted by atomic mass is 9.72. The minimum atomic E-state index is -0.148.